The Morgan fingerprint density at radius 1 is 1.23 bits per heavy atom. The number of hydrogen-bond acceptors (Lipinski definition) is 3. The lowest BCUT2D eigenvalue weighted by Crippen LogP contribution is -2.17. The number of aryl methyl sites for hydroxylation is 1. The molecule has 0 spiro atoms. The van der Waals surface area contributed by atoms with Crippen LogP contribution >= 0.6 is 24.0 Å². The first-order valence-corrected chi connectivity index (χ1v) is 9.40. The van der Waals surface area contributed by atoms with E-state index in [0.29, 0.717) is 17.2 Å². The van der Waals surface area contributed by atoms with E-state index in [2.05, 4.69) is 5.10 Å². The van der Waals surface area contributed by atoms with E-state index >= 15 is 0 Å². The molecule has 0 radical (unpaired) electrons. The van der Waals surface area contributed by atoms with Crippen LogP contribution < -0.4 is 10.5 Å². The molecule has 2 N–H and O–H groups in total. The van der Waals surface area contributed by atoms with Gasteiger partial charge in [-0.25, -0.2) is 8.78 Å². The van der Waals surface area contributed by atoms with E-state index in [1.165, 1.54) is 12.1 Å². The number of rotatable bonds is 7. The second-order valence-electron chi connectivity index (χ2n) is 6.61. The van der Waals surface area contributed by atoms with Crippen LogP contribution in [0.2, 0.25) is 5.02 Å². The van der Waals surface area contributed by atoms with Crippen molar-refractivity contribution < 1.29 is 18.3 Å². The van der Waals surface area contributed by atoms with Gasteiger partial charge in [0.1, 0.15) is 29.7 Å². The molecule has 0 aliphatic rings. The predicted octanol–water partition coefficient (Wildman–Crippen LogP) is 5.22. The number of nitrogens with two attached hydrogens (primary N) is 1. The Bertz CT molecular complexity index is 1060. The van der Waals surface area contributed by atoms with E-state index in [9.17, 15) is 13.6 Å². The summed E-state index contributed by atoms with van der Waals surface area (Å²) in [5, 5.41) is 4.81. The standard InChI is InChI=1S/C21H20ClF2N3O2.ClH/c1-3-19(27-12(2)8-18(26-27)21(25)28)16-9-14(22)5-7-20(16)29-11-13-4-6-15(23)10-17(13)24;/h4-10,19H,3,11H2,1-2H3,(H2,25,28);1H/t19-;/m1./s1. The molecule has 5 nitrogen and oxygen atoms in total. The van der Waals surface area contributed by atoms with Crippen LogP contribution in [0.4, 0.5) is 8.78 Å². The molecule has 0 bridgehead atoms. The number of benzene rings is 2. The first kappa shape index (κ1) is 23.6. The molecule has 3 aromatic rings. The predicted molar refractivity (Wildman–Crippen MR) is 113 cm³/mol. The molecule has 0 aliphatic carbocycles. The fourth-order valence-electron chi connectivity index (χ4n) is 3.15. The van der Waals surface area contributed by atoms with Gasteiger partial charge in [-0.2, -0.15) is 5.10 Å². The van der Waals surface area contributed by atoms with Crippen molar-refractivity contribution in [2.24, 2.45) is 5.73 Å². The number of aromatic nitrogens is 2. The van der Waals surface area contributed by atoms with Gasteiger partial charge >= 0.3 is 0 Å². The second-order valence-corrected chi connectivity index (χ2v) is 7.05. The molecule has 3 rings (SSSR count). The highest BCUT2D eigenvalue weighted by Crippen LogP contribution is 2.34. The summed E-state index contributed by atoms with van der Waals surface area (Å²) in [6.45, 7) is 3.70. The molecule has 1 atom stereocenters. The first-order valence-electron chi connectivity index (χ1n) is 9.02. The number of carbonyl (C=O) groups excluding carboxylic acids is 1. The van der Waals surface area contributed by atoms with E-state index in [1.807, 2.05) is 13.8 Å². The summed E-state index contributed by atoms with van der Waals surface area (Å²) < 4.78 is 34.6. The summed E-state index contributed by atoms with van der Waals surface area (Å²) in [7, 11) is 0. The molecule has 0 aliphatic heterocycles. The van der Waals surface area contributed by atoms with E-state index < -0.39 is 17.5 Å². The molecule has 1 heterocycles. The molecule has 0 fully saturated rings. The highest BCUT2D eigenvalue weighted by molar-refractivity contribution is 6.30. The van der Waals surface area contributed by atoms with Crippen molar-refractivity contribution in [3.63, 3.8) is 0 Å². The SMILES string of the molecule is CC[C@H](c1cc(Cl)ccc1OCc1ccc(F)cc1F)n1nc(C(N)=O)cc1C.Cl. The van der Waals surface area contributed by atoms with Crippen LogP contribution in [0.3, 0.4) is 0 Å². The van der Waals surface area contributed by atoms with E-state index in [0.717, 1.165) is 17.3 Å². The van der Waals surface area contributed by atoms with Gasteiger partial charge in [-0.1, -0.05) is 18.5 Å². The number of amides is 1. The Morgan fingerprint density at radius 3 is 2.57 bits per heavy atom. The van der Waals surface area contributed by atoms with Crippen molar-refractivity contribution in [2.45, 2.75) is 32.9 Å². The monoisotopic (exact) mass is 455 g/mol. The number of halogens is 4. The summed E-state index contributed by atoms with van der Waals surface area (Å²) in [5.74, 6) is -1.46. The van der Waals surface area contributed by atoms with Crippen LogP contribution in [0.25, 0.3) is 0 Å². The van der Waals surface area contributed by atoms with Crippen LogP contribution in [-0.4, -0.2) is 15.7 Å². The van der Waals surface area contributed by atoms with Crippen LogP contribution in [0.15, 0.2) is 42.5 Å². The third-order valence-electron chi connectivity index (χ3n) is 4.59. The first-order chi connectivity index (χ1) is 13.8. The van der Waals surface area contributed by atoms with Crippen LogP contribution in [0.1, 0.15) is 46.7 Å². The van der Waals surface area contributed by atoms with Gasteiger partial charge in [0.15, 0.2) is 0 Å². The molecule has 9 heteroatoms. The quantitative estimate of drug-likeness (QED) is 0.530. The smallest absolute Gasteiger partial charge is 0.269 e. The number of primary amides is 1. The zero-order chi connectivity index (χ0) is 21.1. The maximum Gasteiger partial charge on any atom is 0.269 e. The number of hydrogen-bond donors (Lipinski definition) is 1. The van der Waals surface area contributed by atoms with Gasteiger partial charge in [0.2, 0.25) is 0 Å². The molecular formula is C21H21Cl2F2N3O2. The highest BCUT2D eigenvalue weighted by Gasteiger charge is 2.22. The Kier molecular flexibility index (Phi) is 7.81. The molecule has 1 amide bonds. The molecule has 0 saturated heterocycles. The average Bonchev–Trinajstić information content (AvgIpc) is 3.05. The molecule has 2 aromatic carbocycles. The van der Waals surface area contributed by atoms with Gasteiger partial charge in [0.25, 0.3) is 5.91 Å². The van der Waals surface area contributed by atoms with E-state index in [1.54, 1.807) is 28.9 Å². The second kappa shape index (κ2) is 9.91. The minimum absolute atomic E-state index is 0. The Morgan fingerprint density at radius 2 is 1.97 bits per heavy atom. The van der Waals surface area contributed by atoms with Gasteiger partial charge < -0.3 is 10.5 Å². The van der Waals surface area contributed by atoms with Gasteiger partial charge in [-0.3, -0.25) is 9.48 Å². The highest BCUT2D eigenvalue weighted by atomic mass is 35.5. The van der Waals surface area contributed by atoms with Crippen molar-refractivity contribution in [2.75, 3.05) is 0 Å². The van der Waals surface area contributed by atoms with Gasteiger partial charge in [0.05, 0.1) is 6.04 Å². The molecule has 0 saturated carbocycles. The van der Waals surface area contributed by atoms with Gasteiger partial charge in [-0.05, 0) is 49.7 Å². The molecule has 1 aromatic heterocycles. The Balaban J connectivity index is 0.00000320. The summed E-state index contributed by atoms with van der Waals surface area (Å²) in [4.78, 5) is 11.5. The third kappa shape index (κ3) is 5.09. The van der Waals surface area contributed by atoms with E-state index in [-0.39, 0.29) is 36.3 Å². The maximum absolute atomic E-state index is 13.9. The van der Waals surface area contributed by atoms with Crippen molar-refractivity contribution in [1.29, 1.82) is 0 Å². The summed E-state index contributed by atoms with van der Waals surface area (Å²) in [6.07, 6.45) is 0.627. The fourth-order valence-corrected chi connectivity index (χ4v) is 3.33. The van der Waals surface area contributed by atoms with Gasteiger partial charge in [0, 0.05) is 27.9 Å². The van der Waals surface area contributed by atoms with Crippen molar-refractivity contribution in [3.8, 4) is 5.75 Å². The largest absolute Gasteiger partial charge is 0.488 e. The zero-order valence-corrected chi connectivity index (χ0v) is 17.9. The Hall–Kier alpha value is -2.64. The topological polar surface area (TPSA) is 70.1 Å². The number of nitrogens with zero attached hydrogens (tertiary/aromatic N) is 2. The van der Waals surface area contributed by atoms with E-state index in [4.69, 9.17) is 22.1 Å². The summed E-state index contributed by atoms with van der Waals surface area (Å²) >= 11 is 6.20. The van der Waals surface area contributed by atoms with Gasteiger partial charge in [-0.15, -0.1) is 12.4 Å². The molecular weight excluding hydrogens is 435 g/mol. The summed E-state index contributed by atoms with van der Waals surface area (Å²) in [5.41, 5.74) is 7.22. The maximum atomic E-state index is 13.9. The average molecular weight is 456 g/mol. The zero-order valence-electron chi connectivity index (χ0n) is 16.4. The number of carbonyl (C=O) groups is 1. The van der Waals surface area contributed by atoms with Crippen molar-refractivity contribution in [3.05, 3.63) is 81.6 Å². The summed E-state index contributed by atoms with van der Waals surface area (Å²) in [6, 6.07) is 9.77. The minimum Gasteiger partial charge on any atom is -0.488 e. The lowest BCUT2D eigenvalue weighted by Gasteiger charge is -2.22. The third-order valence-corrected chi connectivity index (χ3v) is 4.82. The van der Waals surface area contributed by atoms with Crippen LogP contribution in [-0.2, 0) is 6.61 Å². The van der Waals surface area contributed by atoms with Crippen molar-refractivity contribution in [1.82, 2.24) is 9.78 Å². The van der Waals surface area contributed by atoms with Crippen LogP contribution in [0, 0.1) is 18.6 Å². The van der Waals surface area contributed by atoms with Crippen LogP contribution in [0.5, 0.6) is 5.75 Å². The molecule has 160 valence electrons. The normalized spacial score (nSPS) is 11.6. The Labute approximate surface area is 184 Å². The molecule has 30 heavy (non-hydrogen) atoms. The fraction of sp³-hybridized carbons (Fsp3) is 0.238. The molecule has 0 unspecified atom stereocenters. The lowest BCUT2D eigenvalue weighted by molar-refractivity contribution is 0.0994. The van der Waals surface area contributed by atoms with Crippen molar-refractivity contribution >= 4 is 29.9 Å². The minimum atomic E-state index is -0.679. The lowest BCUT2D eigenvalue weighted by atomic mass is 10.0. The number of ether oxygens (including phenoxy) is 1.